The Labute approximate surface area is 136 Å². The molecule has 23 heavy (non-hydrogen) atoms. The number of hydrogen-bond donors (Lipinski definition) is 1. The Hall–Kier alpha value is -2.64. The Kier molecular flexibility index (Phi) is 4.70. The molecule has 2 aromatic carbocycles. The molecule has 0 aromatic heterocycles. The lowest BCUT2D eigenvalue weighted by Crippen LogP contribution is -2.18. The van der Waals surface area contributed by atoms with E-state index < -0.39 is 0 Å². The Balaban J connectivity index is 1.63. The van der Waals surface area contributed by atoms with E-state index >= 15 is 0 Å². The van der Waals surface area contributed by atoms with Crippen LogP contribution in [0, 0.1) is 11.3 Å². The first-order chi connectivity index (χ1) is 11.2. The molecule has 1 amide bonds. The first-order valence-electron chi connectivity index (χ1n) is 7.87. The number of rotatable bonds is 4. The van der Waals surface area contributed by atoms with Crippen molar-refractivity contribution in [2.45, 2.75) is 19.4 Å². The molecule has 1 N–H and O–H groups in total. The second-order valence-corrected chi connectivity index (χ2v) is 5.83. The Morgan fingerprint density at radius 3 is 2.57 bits per heavy atom. The number of nitrogens with zero attached hydrogens (tertiary/aromatic N) is 2. The van der Waals surface area contributed by atoms with E-state index in [1.807, 2.05) is 18.2 Å². The van der Waals surface area contributed by atoms with E-state index in [0.717, 1.165) is 12.2 Å². The SMILES string of the molecule is N#Cc1cccc(C(=O)Nc2ccc(CN3CCCC3)cc2)c1. The molecule has 0 atom stereocenters. The van der Waals surface area contributed by atoms with Crippen molar-refractivity contribution in [3.8, 4) is 6.07 Å². The highest BCUT2D eigenvalue weighted by Gasteiger charge is 2.12. The fourth-order valence-corrected chi connectivity index (χ4v) is 2.83. The maximum atomic E-state index is 12.2. The second-order valence-electron chi connectivity index (χ2n) is 5.83. The van der Waals surface area contributed by atoms with Gasteiger partial charge < -0.3 is 5.32 Å². The molecule has 0 aliphatic carbocycles. The fraction of sp³-hybridized carbons (Fsp3) is 0.263. The van der Waals surface area contributed by atoms with E-state index in [0.29, 0.717) is 11.1 Å². The minimum Gasteiger partial charge on any atom is -0.322 e. The molecule has 0 bridgehead atoms. The number of carbonyl (C=O) groups excluding carboxylic acids is 1. The van der Waals surface area contributed by atoms with Crippen LogP contribution in [0.15, 0.2) is 48.5 Å². The van der Waals surface area contributed by atoms with Crippen LogP contribution < -0.4 is 5.32 Å². The number of benzene rings is 2. The molecule has 1 fully saturated rings. The van der Waals surface area contributed by atoms with Crippen molar-refractivity contribution in [1.29, 1.82) is 5.26 Å². The third-order valence-corrected chi connectivity index (χ3v) is 4.07. The van der Waals surface area contributed by atoms with Gasteiger partial charge in [-0.05, 0) is 61.8 Å². The highest BCUT2D eigenvalue weighted by Crippen LogP contribution is 2.16. The van der Waals surface area contributed by atoms with Crippen LogP contribution in [0.4, 0.5) is 5.69 Å². The zero-order chi connectivity index (χ0) is 16.1. The smallest absolute Gasteiger partial charge is 0.255 e. The van der Waals surface area contributed by atoms with Crippen molar-refractivity contribution < 1.29 is 4.79 Å². The van der Waals surface area contributed by atoms with E-state index in [1.165, 1.54) is 31.5 Å². The highest BCUT2D eigenvalue weighted by molar-refractivity contribution is 6.04. The lowest BCUT2D eigenvalue weighted by molar-refractivity contribution is 0.102. The van der Waals surface area contributed by atoms with E-state index in [1.54, 1.807) is 24.3 Å². The highest BCUT2D eigenvalue weighted by atomic mass is 16.1. The monoisotopic (exact) mass is 305 g/mol. The maximum absolute atomic E-state index is 12.2. The first kappa shape index (κ1) is 15.3. The molecule has 4 heteroatoms. The summed E-state index contributed by atoms with van der Waals surface area (Å²) in [6, 6.07) is 16.7. The number of nitriles is 1. The molecule has 0 saturated carbocycles. The van der Waals surface area contributed by atoms with Gasteiger partial charge in [-0.1, -0.05) is 18.2 Å². The molecule has 1 aliphatic rings. The summed E-state index contributed by atoms with van der Waals surface area (Å²) in [5.74, 6) is -0.200. The van der Waals surface area contributed by atoms with Crippen LogP contribution >= 0.6 is 0 Å². The molecular weight excluding hydrogens is 286 g/mol. The van der Waals surface area contributed by atoms with Crippen molar-refractivity contribution in [1.82, 2.24) is 4.90 Å². The molecule has 116 valence electrons. The number of likely N-dealkylation sites (tertiary alicyclic amines) is 1. The number of hydrogen-bond acceptors (Lipinski definition) is 3. The third kappa shape index (κ3) is 3.97. The van der Waals surface area contributed by atoms with Crippen LogP contribution in [0.1, 0.15) is 34.3 Å². The molecule has 2 aromatic rings. The summed E-state index contributed by atoms with van der Waals surface area (Å²) in [5, 5.41) is 11.8. The quantitative estimate of drug-likeness (QED) is 0.942. The molecule has 3 rings (SSSR count). The molecule has 1 aliphatic heterocycles. The number of anilines is 1. The summed E-state index contributed by atoms with van der Waals surface area (Å²) in [7, 11) is 0. The largest absolute Gasteiger partial charge is 0.322 e. The lowest BCUT2D eigenvalue weighted by atomic mass is 10.1. The molecular formula is C19H19N3O. The molecule has 1 saturated heterocycles. The van der Waals surface area contributed by atoms with Crippen molar-refractivity contribution >= 4 is 11.6 Å². The van der Waals surface area contributed by atoms with Crippen LogP contribution in [0.25, 0.3) is 0 Å². The van der Waals surface area contributed by atoms with Crippen LogP contribution in [0.5, 0.6) is 0 Å². The van der Waals surface area contributed by atoms with Gasteiger partial charge >= 0.3 is 0 Å². The molecule has 0 radical (unpaired) electrons. The van der Waals surface area contributed by atoms with Crippen molar-refractivity contribution in [3.05, 3.63) is 65.2 Å². The van der Waals surface area contributed by atoms with Gasteiger partial charge in [0.05, 0.1) is 11.6 Å². The predicted octanol–water partition coefficient (Wildman–Crippen LogP) is 3.41. The van der Waals surface area contributed by atoms with Crippen LogP contribution in [0.2, 0.25) is 0 Å². The Morgan fingerprint density at radius 1 is 1.13 bits per heavy atom. The normalized spacial score (nSPS) is 14.4. The second kappa shape index (κ2) is 7.08. The number of carbonyl (C=O) groups is 1. The third-order valence-electron chi connectivity index (χ3n) is 4.07. The lowest BCUT2D eigenvalue weighted by Gasteiger charge is -2.14. The van der Waals surface area contributed by atoms with E-state index in [9.17, 15) is 4.79 Å². The average molecular weight is 305 g/mol. The van der Waals surface area contributed by atoms with Gasteiger partial charge in [0, 0.05) is 17.8 Å². The van der Waals surface area contributed by atoms with Gasteiger partial charge in [0.2, 0.25) is 0 Å². The summed E-state index contributed by atoms with van der Waals surface area (Å²) in [5.41, 5.74) is 3.00. The maximum Gasteiger partial charge on any atom is 0.255 e. The van der Waals surface area contributed by atoms with Crippen LogP contribution in [-0.2, 0) is 6.54 Å². The number of amides is 1. The molecule has 0 spiro atoms. The molecule has 4 nitrogen and oxygen atoms in total. The minimum atomic E-state index is -0.200. The van der Waals surface area contributed by atoms with Crippen LogP contribution in [0.3, 0.4) is 0 Å². The number of nitrogens with one attached hydrogen (secondary N) is 1. The van der Waals surface area contributed by atoms with E-state index in [2.05, 4.69) is 22.3 Å². The van der Waals surface area contributed by atoms with Gasteiger partial charge in [0.25, 0.3) is 5.91 Å². The zero-order valence-corrected chi connectivity index (χ0v) is 13.0. The van der Waals surface area contributed by atoms with Crippen molar-refractivity contribution in [3.63, 3.8) is 0 Å². The summed E-state index contributed by atoms with van der Waals surface area (Å²) in [6.07, 6.45) is 2.58. The Bertz CT molecular complexity index is 725. The molecule has 0 unspecified atom stereocenters. The van der Waals surface area contributed by atoms with Crippen molar-refractivity contribution in [2.24, 2.45) is 0 Å². The fourth-order valence-electron chi connectivity index (χ4n) is 2.83. The minimum absolute atomic E-state index is 0.200. The van der Waals surface area contributed by atoms with Gasteiger partial charge in [-0.2, -0.15) is 5.26 Å². The van der Waals surface area contributed by atoms with Gasteiger partial charge in [-0.3, -0.25) is 9.69 Å². The summed E-state index contributed by atoms with van der Waals surface area (Å²) in [4.78, 5) is 14.7. The van der Waals surface area contributed by atoms with Gasteiger partial charge in [0.15, 0.2) is 0 Å². The zero-order valence-electron chi connectivity index (χ0n) is 13.0. The van der Waals surface area contributed by atoms with E-state index in [4.69, 9.17) is 5.26 Å². The van der Waals surface area contributed by atoms with Gasteiger partial charge in [0.1, 0.15) is 0 Å². The van der Waals surface area contributed by atoms with Gasteiger partial charge in [-0.25, -0.2) is 0 Å². The summed E-state index contributed by atoms with van der Waals surface area (Å²) < 4.78 is 0. The topological polar surface area (TPSA) is 56.1 Å². The van der Waals surface area contributed by atoms with Crippen molar-refractivity contribution in [2.75, 3.05) is 18.4 Å². The average Bonchev–Trinajstić information content (AvgIpc) is 3.09. The summed E-state index contributed by atoms with van der Waals surface area (Å²) in [6.45, 7) is 3.32. The van der Waals surface area contributed by atoms with Gasteiger partial charge in [-0.15, -0.1) is 0 Å². The molecule has 1 heterocycles. The standard InChI is InChI=1S/C19H19N3O/c20-13-16-4-3-5-17(12-16)19(23)21-18-8-6-15(7-9-18)14-22-10-1-2-11-22/h3-9,12H,1-2,10-11,14H2,(H,21,23). The first-order valence-corrected chi connectivity index (χ1v) is 7.87. The predicted molar refractivity (Wildman–Crippen MR) is 90.1 cm³/mol. The Morgan fingerprint density at radius 2 is 1.87 bits per heavy atom. The van der Waals surface area contributed by atoms with Crippen LogP contribution in [-0.4, -0.2) is 23.9 Å². The van der Waals surface area contributed by atoms with E-state index in [-0.39, 0.29) is 5.91 Å². The summed E-state index contributed by atoms with van der Waals surface area (Å²) >= 11 is 0.